The number of hydrogen-bond acceptors (Lipinski definition) is 4. The number of imidazole rings is 1. The number of ether oxygens (including phenoxy) is 1. The Kier molecular flexibility index (Phi) is 4.68. The van der Waals surface area contributed by atoms with Crippen LogP contribution in [0.15, 0.2) is 36.8 Å². The van der Waals surface area contributed by atoms with Gasteiger partial charge in [0.15, 0.2) is 0 Å². The van der Waals surface area contributed by atoms with Crippen LogP contribution in [0.4, 0.5) is 0 Å². The third-order valence-electron chi connectivity index (χ3n) is 5.79. The van der Waals surface area contributed by atoms with Gasteiger partial charge in [0.05, 0.1) is 12.9 Å². The lowest BCUT2D eigenvalue weighted by Gasteiger charge is -2.43. The van der Waals surface area contributed by atoms with Gasteiger partial charge < -0.3 is 19.1 Å². The van der Waals surface area contributed by atoms with Crippen molar-refractivity contribution in [2.24, 2.45) is 7.05 Å². The molecular weight excluding hydrogens is 340 g/mol. The van der Waals surface area contributed by atoms with E-state index in [9.17, 15) is 4.79 Å². The summed E-state index contributed by atoms with van der Waals surface area (Å²) in [6.45, 7) is 7.61. The van der Waals surface area contributed by atoms with Crippen molar-refractivity contribution in [2.45, 2.75) is 44.9 Å². The molecule has 1 spiro atoms. The van der Waals surface area contributed by atoms with Crippen LogP contribution in [0.25, 0.3) is 0 Å². The van der Waals surface area contributed by atoms with Gasteiger partial charge in [-0.05, 0) is 19.9 Å². The smallest absolute Gasteiger partial charge is 0.274 e. The van der Waals surface area contributed by atoms with E-state index in [1.165, 1.54) is 0 Å². The van der Waals surface area contributed by atoms with Crippen molar-refractivity contribution in [1.82, 2.24) is 19.4 Å². The molecular formula is C21H28N4O2. The van der Waals surface area contributed by atoms with Crippen molar-refractivity contribution in [3.63, 3.8) is 0 Å². The van der Waals surface area contributed by atoms with Crippen molar-refractivity contribution in [2.75, 3.05) is 19.6 Å². The highest BCUT2D eigenvalue weighted by atomic mass is 16.5. The topological polar surface area (TPSA) is 50.6 Å². The minimum Gasteiger partial charge on any atom is -0.485 e. The van der Waals surface area contributed by atoms with Gasteiger partial charge in [0, 0.05) is 57.3 Å². The number of carbonyl (C=O) groups excluding carboxylic acids is 1. The summed E-state index contributed by atoms with van der Waals surface area (Å²) in [6, 6.07) is 8.63. The van der Waals surface area contributed by atoms with Crippen LogP contribution in [-0.2, 0) is 13.6 Å². The van der Waals surface area contributed by atoms with Crippen LogP contribution in [0.5, 0.6) is 5.75 Å². The average Bonchev–Trinajstić information content (AvgIpc) is 3.01. The fourth-order valence-electron chi connectivity index (χ4n) is 4.15. The average molecular weight is 368 g/mol. The van der Waals surface area contributed by atoms with Gasteiger partial charge in [0.1, 0.15) is 17.0 Å². The van der Waals surface area contributed by atoms with E-state index in [1.807, 2.05) is 34.7 Å². The molecule has 4 rings (SSSR count). The molecule has 144 valence electrons. The molecule has 0 bridgehead atoms. The van der Waals surface area contributed by atoms with Crippen LogP contribution in [-0.4, -0.2) is 56.5 Å². The highest BCUT2D eigenvalue weighted by molar-refractivity contribution is 5.92. The molecule has 0 aliphatic carbocycles. The van der Waals surface area contributed by atoms with E-state index in [0.29, 0.717) is 24.8 Å². The van der Waals surface area contributed by atoms with Crippen LogP contribution in [0, 0.1) is 0 Å². The summed E-state index contributed by atoms with van der Waals surface area (Å²) >= 11 is 0. The predicted octanol–water partition coefficient (Wildman–Crippen LogP) is 2.70. The van der Waals surface area contributed by atoms with Crippen LogP contribution < -0.4 is 4.74 Å². The van der Waals surface area contributed by atoms with Gasteiger partial charge in [-0.15, -0.1) is 0 Å². The minimum atomic E-state index is -0.331. The Bertz CT molecular complexity index is 821. The summed E-state index contributed by atoms with van der Waals surface area (Å²) < 4.78 is 8.40. The first kappa shape index (κ1) is 18.0. The number of aryl methyl sites for hydroxylation is 1. The summed E-state index contributed by atoms with van der Waals surface area (Å²) in [5.41, 5.74) is 1.22. The summed E-state index contributed by atoms with van der Waals surface area (Å²) in [4.78, 5) is 21.8. The van der Waals surface area contributed by atoms with Gasteiger partial charge in [-0.25, -0.2) is 4.98 Å². The minimum absolute atomic E-state index is 0.0263. The van der Waals surface area contributed by atoms with Gasteiger partial charge in [-0.1, -0.05) is 18.2 Å². The first-order chi connectivity index (χ1) is 13.0. The Hall–Kier alpha value is -2.34. The lowest BCUT2D eigenvalue weighted by atomic mass is 9.89. The molecule has 6 nitrogen and oxygen atoms in total. The maximum Gasteiger partial charge on any atom is 0.274 e. The molecule has 0 unspecified atom stereocenters. The van der Waals surface area contributed by atoms with Crippen LogP contribution >= 0.6 is 0 Å². The highest BCUT2D eigenvalue weighted by Crippen LogP contribution is 2.36. The Labute approximate surface area is 160 Å². The number of aromatic nitrogens is 2. The molecule has 0 radical (unpaired) electrons. The van der Waals surface area contributed by atoms with Gasteiger partial charge >= 0.3 is 0 Å². The molecule has 0 saturated carbocycles. The van der Waals surface area contributed by atoms with E-state index in [2.05, 4.69) is 29.8 Å². The number of piperidine rings is 1. The van der Waals surface area contributed by atoms with Crippen molar-refractivity contribution >= 4 is 5.91 Å². The Morgan fingerprint density at radius 3 is 2.63 bits per heavy atom. The number of benzene rings is 1. The van der Waals surface area contributed by atoms with Gasteiger partial charge in [-0.2, -0.15) is 0 Å². The van der Waals surface area contributed by atoms with E-state index in [0.717, 1.165) is 37.2 Å². The maximum atomic E-state index is 13.2. The molecule has 2 aliphatic rings. The Morgan fingerprint density at radius 1 is 1.22 bits per heavy atom. The first-order valence-corrected chi connectivity index (χ1v) is 9.74. The first-order valence-electron chi connectivity index (χ1n) is 9.74. The molecule has 1 amide bonds. The number of fused-ring (bicyclic) bond motifs is 1. The second-order valence-corrected chi connectivity index (χ2v) is 8.11. The van der Waals surface area contributed by atoms with Crippen molar-refractivity contribution < 1.29 is 9.53 Å². The number of carbonyl (C=O) groups is 1. The molecule has 1 fully saturated rings. The number of hydrogen-bond donors (Lipinski definition) is 0. The van der Waals surface area contributed by atoms with Crippen LogP contribution in [0.2, 0.25) is 0 Å². The van der Waals surface area contributed by atoms with Gasteiger partial charge in [-0.3, -0.25) is 4.79 Å². The van der Waals surface area contributed by atoms with Gasteiger partial charge in [0.25, 0.3) is 5.91 Å². The lowest BCUT2D eigenvalue weighted by Crippen LogP contribution is -2.55. The largest absolute Gasteiger partial charge is 0.485 e. The molecule has 1 saturated heterocycles. The van der Waals surface area contributed by atoms with Crippen molar-refractivity contribution in [3.8, 4) is 5.75 Å². The van der Waals surface area contributed by atoms with E-state index >= 15 is 0 Å². The van der Waals surface area contributed by atoms with E-state index in [1.54, 1.807) is 12.5 Å². The van der Waals surface area contributed by atoms with E-state index in [-0.39, 0.29) is 11.5 Å². The molecule has 27 heavy (non-hydrogen) atoms. The molecule has 1 aromatic carbocycles. The zero-order valence-electron chi connectivity index (χ0n) is 16.4. The fourth-order valence-corrected chi connectivity index (χ4v) is 4.15. The normalized spacial score (nSPS) is 19.6. The Morgan fingerprint density at radius 2 is 1.96 bits per heavy atom. The lowest BCUT2D eigenvalue weighted by molar-refractivity contribution is -0.0214. The van der Waals surface area contributed by atoms with Crippen LogP contribution in [0.3, 0.4) is 0 Å². The summed E-state index contributed by atoms with van der Waals surface area (Å²) in [6.07, 6.45) is 5.30. The second kappa shape index (κ2) is 7.00. The van der Waals surface area contributed by atoms with E-state index in [4.69, 9.17) is 4.74 Å². The van der Waals surface area contributed by atoms with Crippen molar-refractivity contribution in [3.05, 3.63) is 48.0 Å². The monoisotopic (exact) mass is 368 g/mol. The summed E-state index contributed by atoms with van der Waals surface area (Å²) in [5.74, 6) is 0.883. The third kappa shape index (κ3) is 3.58. The summed E-state index contributed by atoms with van der Waals surface area (Å²) in [5, 5.41) is 0. The number of amides is 1. The van der Waals surface area contributed by atoms with E-state index < -0.39 is 0 Å². The number of nitrogens with zero attached hydrogens (tertiary/aromatic N) is 4. The van der Waals surface area contributed by atoms with Gasteiger partial charge in [0.2, 0.25) is 0 Å². The molecule has 0 N–H and O–H groups in total. The maximum absolute atomic E-state index is 13.2. The van der Waals surface area contributed by atoms with Crippen molar-refractivity contribution in [1.29, 1.82) is 0 Å². The number of para-hydroxylation sites is 1. The molecule has 1 aromatic heterocycles. The zero-order valence-corrected chi connectivity index (χ0v) is 16.4. The highest BCUT2D eigenvalue weighted by Gasteiger charge is 2.42. The van der Waals surface area contributed by atoms with Crippen LogP contribution in [0.1, 0.15) is 42.7 Å². The SMILES string of the molecule is CC(C)N1CCC2(CC1)CN(C(=O)c1cn(C)cn1)Cc1ccccc1O2. The predicted molar refractivity (Wildman–Crippen MR) is 104 cm³/mol. The number of likely N-dealkylation sites (tertiary alicyclic amines) is 1. The Balaban J connectivity index is 1.64. The third-order valence-corrected chi connectivity index (χ3v) is 5.79. The molecule has 3 heterocycles. The molecule has 6 heteroatoms. The molecule has 2 aromatic rings. The zero-order chi connectivity index (χ0) is 19.0. The summed E-state index contributed by atoms with van der Waals surface area (Å²) in [7, 11) is 1.88. The number of rotatable bonds is 2. The standard InChI is InChI=1S/C21H28N4O2/c1-16(2)24-10-8-21(9-11-24)14-25(20(26)18-13-23(3)15-22-18)12-17-6-4-5-7-19(17)27-21/h4-7,13,15-16H,8-12,14H2,1-3H3. The molecule has 2 aliphatic heterocycles. The quantitative estimate of drug-likeness (QED) is 0.818. The fraction of sp³-hybridized carbons (Fsp3) is 0.524. The molecule has 0 atom stereocenters. The second-order valence-electron chi connectivity index (χ2n) is 8.11.